The molecule has 0 aromatic carbocycles. The number of rotatable bonds is 20. The van der Waals surface area contributed by atoms with Gasteiger partial charge in [0.2, 0.25) is 0 Å². The van der Waals surface area contributed by atoms with Crippen LogP contribution in [-0.4, -0.2) is 123 Å². The van der Waals surface area contributed by atoms with Crippen molar-refractivity contribution in [3.8, 4) is 0 Å². The molecular formula is C22H44N2O6. The predicted octanol–water partition coefficient (Wildman–Crippen LogP) is 0.742. The highest BCUT2D eigenvalue weighted by molar-refractivity contribution is 4.86. The van der Waals surface area contributed by atoms with Crippen molar-refractivity contribution in [1.82, 2.24) is 9.80 Å². The Kier molecular flexibility index (Phi) is 12.7. The van der Waals surface area contributed by atoms with Crippen LogP contribution in [0.2, 0.25) is 0 Å². The first kappa shape index (κ1) is 25.9. The standard InChI is InChI=1S/C22H44N2O6/c1-18-12-23(18)14-21(25)16-28-8-4-7-27-11-6-20(3)30-10-5-9-29-17-22(26)15-24-13-19(24)2/h18-22,25-26H,4-17H2,1-3H3. The fourth-order valence-electron chi connectivity index (χ4n) is 3.32. The zero-order valence-corrected chi connectivity index (χ0v) is 19.2. The Balaban J connectivity index is 1.26. The minimum Gasteiger partial charge on any atom is -0.389 e. The third kappa shape index (κ3) is 12.5. The minimum atomic E-state index is -0.396. The lowest BCUT2D eigenvalue weighted by Gasteiger charge is -2.15. The van der Waals surface area contributed by atoms with E-state index in [9.17, 15) is 10.2 Å². The number of β-amino-alcohol motifs (C(OH)–C–C–N with tert-alkyl or cyclic N) is 2. The summed E-state index contributed by atoms with van der Waals surface area (Å²) in [5, 5.41) is 19.7. The van der Waals surface area contributed by atoms with E-state index >= 15 is 0 Å². The topological polar surface area (TPSA) is 83.4 Å². The van der Waals surface area contributed by atoms with Crippen molar-refractivity contribution in [2.24, 2.45) is 0 Å². The highest BCUT2D eigenvalue weighted by atomic mass is 16.5. The lowest BCUT2D eigenvalue weighted by molar-refractivity contribution is -0.00255. The first-order valence-corrected chi connectivity index (χ1v) is 11.6. The maximum Gasteiger partial charge on any atom is 0.0900 e. The zero-order chi connectivity index (χ0) is 21.8. The largest absolute Gasteiger partial charge is 0.389 e. The molecule has 30 heavy (non-hydrogen) atoms. The van der Waals surface area contributed by atoms with E-state index in [0.717, 1.165) is 32.4 Å². The highest BCUT2D eigenvalue weighted by Crippen LogP contribution is 2.16. The van der Waals surface area contributed by atoms with Gasteiger partial charge in [0.05, 0.1) is 31.5 Å². The van der Waals surface area contributed by atoms with Crippen molar-refractivity contribution in [2.45, 2.75) is 70.4 Å². The number of ether oxygens (including phenoxy) is 4. The van der Waals surface area contributed by atoms with Gasteiger partial charge in [0, 0.05) is 71.3 Å². The second-order valence-electron chi connectivity index (χ2n) is 8.85. The summed E-state index contributed by atoms with van der Waals surface area (Å²) in [4.78, 5) is 4.46. The van der Waals surface area contributed by atoms with E-state index < -0.39 is 12.2 Å². The molecule has 0 amide bonds. The van der Waals surface area contributed by atoms with Crippen LogP contribution in [-0.2, 0) is 18.9 Å². The van der Waals surface area contributed by atoms with Gasteiger partial charge in [-0.3, -0.25) is 9.80 Å². The van der Waals surface area contributed by atoms with Crippen molar-refractivity contribution in [3.05, 3.63) is 0 Å². The van der Waals surface area contributed by atoms with E-state index in [1.807, 2.05) is 0 Å². The molecule has 0 aromatic heterocycles. The Morgan fingerprint density at radius 2 is 1.23 bits per heavy atom. The number of aliphatic hydroxyl groups excluding tert-OH is 2. The minimum absolute atomic E-state index is 0.158. The predicted molar refractivity (Wildman–Crippen MR) is 116 cm³/mol. The molecule has 0 radical (unpaired) electrons. The van der Waals surface area contributed by atoms with Crippen LogP contribution < -0.4 is 0 Å². The van der Waals surface area contributed by atoms with Crippen molar-refractivity contribution >= 4 is 0 Å². The summed E-state index contributed by atoms with van der Waals surface area (Å²) in [6.07, 6.45) is 1.90. The van der Waals surface area contributed by atoms with Crippen LogP contribution in [0, 0.1) is 0 Å². The molecule has 7 unspecified atom stereocenters. The van der Waals surface area contributed by atoms with Crippen LogP contribution >= 0.6 is 0 Å². The Morgan fingerprint density at radius 1 is 0.767 bits per heavy atom. The van der Waals surface area contributed by atoms with Gasteiger partial charge in [-0.05, 0) is 40.0 Å². The number of hydrogen-bond donors (Lipinski definition) is 2. The number of nitrogens with zero attached hydrogens (tertiary/aromatic N) is 2. The molecule has 8 heteroatoms. The molecule has 2 heterocycles. The molecule has 2 rings (SSSR count). The zero-order valence-electron chi connectivity index (χ0n) is 19.2. The van der Waals surface area contributed by atoms with Gasteiger partial charge in [-0.2, -0.15) is 0 Å². The summed E-state index contributed by atoms with van der Waals surface area (Å²) in [5.41, 5.74) is 0. The summed E-state index contributed by atoms with van der Waals surface area (Å²) in [6.45, 7) is 14.0. The van der Waals surface area contributed by atoms with Gasteiger partial charge < -0.3 is 29.2 Å². The van der Waals surface area contributed by atoms with Gasteiger partial charge in [0.25, 0.3) is 0 Å². The molecule has 178 valence electrons. The van der Waals surface area contributed by atoms with Crippen molar-refractivity contribution < 1.29 is 29.2 Å². The lowest BCUT2D eigenvalue weighted by atomic mass is 10.3. The van der Waals surface area contributed by atoms with Gasteiger partial charge in [-0.15, -0.1) is 0 Å². The molecule has 0 saturated carbocycles. The van der Waals surface area contributed by atoms with Crippen molar-refractivity contribution in [2.75, 3.05) is 72.4 Å². The van der Waals surface area contributed by atoms with E-state index in [4.69, 9.17) is 18.9 Å². The fraction of sp³-hybridized carbons (Fsp3) is 1.00. The van der Waals surface area contributed by atoms with Crippen LogP contribution in [0.5, 0.6) is 0 Å². The van der Waals surface area contributed by atoms with Crippen molar-refractivity contribution in [3.63, 3.8) is 0 Å². The van der Waals surface area contributed by atoms with Crippen LogP contribution in [0.3, 0.4) is 0 Å². The Labute approximate surface area is 182 Å². The molecule has 2 fully saturated rings. The van der Waals surface area contributed by atoms with Gasteiger partial charge >= 0.3 is 0 Å². The van der Waals surface area contributed by atoms with Crippen LogP contribution in [0.4, 0.5) is 0 Å². The van der Waals surface area contributed by atoms with Crippen LogP contribution in [0.1, 0.15) is 40.0 Å². The summed E-state index contributed by atoms with van der Waals surface area (Å²) in [5.74, 6) is 0. The third-order valence-corrected chi connectivity index (χ3v) is 5.57. The molecule has 8 nitrogen and oxygen atoms in total. The SMILES string of the molecule is CC(CCOCCCOCC(O)CN1CC1C)OCCCOCC(O)CN1CC1C. The smallest absolute Gasteiger partial charge is 0.0900 e. The highest BCUT2D eigenvalue weighted by Gasteiger charge is 2.31. The van der Waals surface area contributed by atoms with Crippen LogP contribution in [0.15, 0.2) is 0 Å². The van der Waals surface area contributed by atoms with Gasteiger partial charge in [0.1, 0.15) is 0 Å². The van der Waals surface area contributed by atoms with E-state index in [0.29, 0.717) is 71.4 Å². The maximum atomic E-state index is 9.84. The quantitative estimate of drug-likeness (QED) is 0.215. The molecule has 0 aromatic rings. The Bertz CT molecular complexity index is 444. The number of hydrogen-bond acceptors (Lipinski definition) is 8. The van der Waals surface area contributed by atoms with Gasteiger partial charge in [-0.1, -0.05) is 0 Å². The lowest BCUT2D eigenvalue weighted by Crippen LogP contribution is -2.25. The second-order valence-corrected chi connectivity index (χ2v) is 8.85. The summed E-state index contributed by atoms with van der Waals surface area (Å²) >= 11 is 0. The van der Waals surface area contributed by atoms with E-state index in [2.05, 4.69) is 30.6 Å². The average Bonchev–Trinajstić information content (AvgIpc) is 3.59. The first-order valence-electron chi connectivity index (χ1n) is 11.6. The molecule has 2 N–H and O–H groups in total. The molecule has 2 aliphatic heterocycles. The molecule has 7 atom stereocenters. The molecule has 0 spiro atoms. The molecular weight excluding hydrogens is 388 g/mol. The second kappa shape index (κ2) is 14.7. The molecule has 2 aliphatic rings. The van der Waals surface area contributed by atoms with E-state index in [1.165, 1.54) is 0 Å². The maximum absolute atomic E-state index is 9.84. The average molecular weight is 433 g/mol. The Hall–Kier alpha value is -0.320. The van der Waals surface area contributed by atoms with Gasteiger partial charge in [-0.25, -0.2) is 0 Å². The van der Waals surface area contributed by atoms with Gasteiger partial charge in [0.15, 0.2) is 0 Å². The summed E-state index contributed by atoms with van der Waals surface area (Å²) in [6, 6.07) is 1.23. The third-order valence-electron chi connectivity index (χ3n) is 5.57. The first-order chi connectivity index (χ1) is 14.5. The molecule has 0 bridgehead atoms. The fourth-order valence-corrected chi connectivity index (χ4v) is 3.32. The normalized spacial score (nSPS) is 28.3. The van der Waals surface area contributed by atoms with Crippen LogP contribution in [0.25, 0.3) is 0 Å². The summed E-state index contributed by atoms with van der Waals surface area (Å²) < 4.78 is 22.4. The Morgan fingerprint density at radius 3 is 1.73 bits per heavy atom. The monoisotopic (exact) mass is 432 g/mol. The molecule has 2 saturated heterocycles. The van der Waals surface area contributed by atoms with Crippen molar-refractivity contribution in [1.29, 1.82) is 0 Å². The molecule has 0 aliphatic carbocycles. The summed E-state index contributed by atoms with van der Waals surface area (Å²) in [7, 11) is 0. The van der Waals surface area contributed by atoms with E-state index in [-0.39, 0.29) is 6.10 Å². The van der Waals surface area contributed by atoms with E-state index in [1.54, 1.807) is 0 Å². The number of aliphatic hydroxyl groups is 2.